The Hall–Kier alpha value is -1.82. The second kappa shape index (κ2) is 4.45. The lowest BCUT2D eigenvalue weighted by Crippen LogP contribution is -2.00. The fraction of sp³-hybridized carbons (Fsp3) is 0.500. The lowest BCUT2D eigenvalue weighted by atomic mass is 10.1. The smallest absolute Gasteiger partial charge is 0.261 e. The third-order valence-electron chi connectivity index (χ3n) is 3.07. The molecule has 3 heterocycles. The second-order valence-electron chi connectivity index (χ2n) is 4.43. The largest absolute Gasteiger partial charge is 0.381 e. The maximum absolute atomic E-state index is 5.32. The van der Waals surface area contributed by atoms with Gasteiger partial charge in [0.15, 0.2) is 5.82 Å². The number of ether oxygens (including phenoxy) is 1. The molecule has 2 aromatic heterocycles. The van der Waals surface area contributed by atoms with Crippen molar-refractivity contribution < 1.29 is 9.26 Å². The minimum Gasteiger partial charge on any atom is -0.381 e. The molecule has 0 aromatic carbocycles. The van der Waals surface area contributed by atoms with Crippen molar-refractivity contribution in [2.75, 3.05) is 13.2 Å². The molecule has 1 unspecified atom stereocenters. The average Bonchev–Trinajstić information content (AvgIpc) is 2.99. The van der Waals surface area contributed by atoms with E-state index in [1.165, 1.54) is 0 Å². The summed E-state index contributed by atoms with van der Waals surface area (Å²) in [6, 6.07) is 0. The van der Waals surface area contributed by atoms with Crippen LogP contribution in [0.15, 0.2) is 10.7 Å². The number of nitrogens with zero attached hydrogens (tertiary/aromatic N) is 4. The van der Waals surface area contributed by atoms with Crippen molar-refractivity contribution in [2.45, 2.75) is 26.2 Å². The molecule has 0 saturated carbocycles. The zero-order valence-corrected chi connectivity index (χ0v) is 10.4. The highest BCUT2D eigenvalue weighted by Crippen LogP contribution is 2.26. The Kier molecular flexibility index (Phi) is 2.79. The molecule has 0 radical (unpaired) electrons. The van der Waals surface area contributed by atoms with Crippen LogP contribution >= 0.6 is 0 Å². The zero-order chi connectivity index (χ0) is 12.5. The number of rotatable bonds is 2. The molecule has 1 aliphatic heterocycles. The minimum atomic E-state index is 0.245. The van der Waals surface area contributed by atoms with Crippen molar-refractivity contribution in [3.8, 4) is 11.5 Å². The summed E-state index contributed by atoms with van der Waals surface area (Å²) in [7, 11) is 0. The molecule has 6 heteroatoms. The Labute approximate surface area is 104 Å². The summed E-state index contributed by atoms with van der Waals surface area (Å²) in [5.74, 6) is 2.17. The van der Waals surface area contributed by atoms with E-state index in [2.05, 4.69) is 20.1 Å². The van der Waals surface area contributed by atoms with Crippen molar-refractivity contribution >= 4 is 0 Å². The molecule has 0 N–H and O–H groups in total. The first-order valence-corrected chi connectivity index (χ1v) is 5.96. The summed E-state index contributed by atoms with van der Waals surface area (Å²) >= 11 is 0. The Morgan fingerprint density at radius 2 is 2.17 bits per heavy atom. The molecule has 0 aliphatic carbocycles. The van der Waals surface area contributed by atoms with Gasteiger partial charge in [-0.05, 0) is 20.3 Å². The molecule has 0 amide bonds. The zero-order valence-electron chi connectivity index (χ0n) is 10.4. The summed E-state index contributed by atoms with van der Waals surface area (Å²) in [6.45, 7) is 5.20. The third-order valence-corrected chi connectivity index (χ3v) is 3.07. The Morgan fingerprint density at radius 3 is 2.89 bits per heavy atom. The summed E-state index contributed by atoms with van der Waals surface area (Å²) in [5.41, 5.74) is 1.64. The molecule has 0 spiro atoms. The molecule has 94 valence electrons. The summed E-state index contributed by atoms with van der Waals surface area (Å²) in [4.78, 5) is 12.9. The van der Waals surface area contributed by atoms with Gasteiger partial charge >= 0.3 is 0 Å². The van der Waals surface area contributed by atoms with Crippen molar-refractivity contribution in [1.82, 2.24) is 20.1 Å². The minimum absolute atomic E-state index is 0.245. The lowest BCUT2D eigenvalue weighted by Gasteiger charge is -2.00. The van der Waals surface area contributed by atoms with E-state index in [0.717, 1.165) is 30.1 Å². The number of hydrogen-bond acceptors (Lipinski definition) is 6. The standard InChI is InChI=1S/C12H14N4O2/c1-7-10(5-13-8(2)14-7)12-15-11(16-18-12)9-3-4-17-6-9/h5,9H,3-4,6H2,1-2H3. The normalized spacial score (nSPS) is 19.3. The molecular formula is C12H14N4O2. The fourth-order valence-corrected chi connectivity index (χ4v) is 2.04. The monoisotopic (exact) mass is 246 g/mol. The van der Waals surface area contributed by atoms with Gasteiger partial charge in [-0.1, -0.05) is 5.16 Å². The summed E-state index contributed by atoms with van der Waals surface area (Å²) < 4.78 is 10.6. The van der Waals surface area contributed by atoms with Crippen molar-refractivity contribution in [3.63, 3.8) is 0 Å². The van der Waals surface area contributed by atoms with Gasteiger partial charge in [-0.15, -0.1) is 0 Å². The van der Waals surface area contributed by atoms with E-state index in [1.807, 2.05) is 13.8 Å². The van der Waals surface area contributed by atoms with Crippen LogP contribution in [0.25, 0.3) is 11.5 Å². The van der Waals surface area contributed by atoms with Crippen LogP contribution in [0.2, 0.25) is 0 Å². The molecule has 2 aromatic rings. The van der Waals surface area contributed by atoms with Gasteiger partial charge in [0.1, 0.15) is 5.82 Å². The molecular weight excluding hydrogens is 232 g/mol. The van der Waals surface area contributed by atoms with Crippen LogP contribution in [0.5, 0.6) is 0 Å². The van der Waals surface area contributed by atoms with Gasteiger partial charge in [-0.2, -0.15) is 4.98 Å². The first-order valence-electron chi connectivity index (χ1n) is 5.96. The molecule has 6 nitrogen and oxygen atoms in total. The van der Waals surface area contributed by atoms with E-state index in [1.54, 1.807) is 6.20 Å². The Morgan fingerprint density at radius 1 is 1.28 bits per heavy atom. The second-order valence-corrected chi connectivity index (χ2v) is 4.43. The van der Waals surface area contributed by atoms with Crippen LogP contribution in [0, 0.1) is 13.8 Å². The van der Waals surface area contributed by atoms with E-state index in [4.69, 9.17) is 9.26 Å². The molecule has 0 bridgehead atoms. The van der Waals surface area contributed by atoms with E-state index in [0.29, 0.717) is 18.3 Å². The first-order chi connectivity index (χ1) is 8.74. The van der Waals surface area contributed by atoms with Crippen LogP contribution in [-0.4, -0.2) is 33.3 Å². The molecule has 1 saturated heterocycles. The van der Waals surface area contributed by atoms with Gasteiger partial charge in [0.05, 0.1) is 17.9 Å². The maximum Gasteiger partial charge on any atom is 0.261 e. The van der Waals surface area contributed by atoms with Gasteiger partial charge < -0.3 is 9.26 Å². The highest BCUT2D eigenvalue weighted by molar-refractivity contribution is 5.54. The molecule has 1 atom stereocenters. The summed E-state index contributed by atoms with van der Waals surface area (Å²) in [6.07, 6.45) is 2.67. The van der Waals surface area contributed by atoms with Gasteiger partial charge in [0, 0.05) is 18.7 Å². The van der Waals surface area contributed by atoms with E-state index in [9.17, 15) is 0 Å². The van der Waals surface area contributed by atoms with Crippen molar-refractivity contribution in [3.05, 3.63) is 23.5 Å². The lowest BCUT2D eigenvalue weighted by molar-refractivity contribution is 0.192. The SMILES string of the molecule is Cc1ncc(-c2nc(C3CCOC3)no2)c(C)n1. The van der Waals surface area contributed by atoms with Crippen LogP contribution in [0.1, 0.15) is 29.7 Å². The maximum atomic E-state index is 5.32. The number of aryl methyl sites for hydroxylation is 2. The Bertz CT molecular complexity index is 561. The molecule has 1 fully saturated rings. The molecule has 3 rings (SSSR count). The van der Waals surface area contributed by atoms with Crippen LogP contribution in [0.3, 0.4) is 0 Å². The topological polar surface area (TPSA) is 73.9 Å². The number of aromatic nitrogens is 4. The first kappa shape index (κ1) is 11.3. The van der Waals surface area contributed by atoms with Crippen molar-refractivity contribution in [2.24, 2.45) is 0 Å². The van der Waals surface area contributed by atoms with Gasteiger partial charge in [0.25, 0.3) is 5.89 Å². The van der Waals surface area contributed by atoms with E-state index in [-0.39, 0.29) is 5.92 Å². The van der Waals surface area contributed by atoms with Crippen LogP contribution < -0.4 is 0 Å². The average molecular weight is 246 g/mol. The fourth-order valence-electron chi connectivity index (χ4n) is 2.04. The van der Waals surface area contributed by atoms with Crippen molar-refractivity contribution in [1.29, 1.82) is 0 Å². The van der Waals surface area contributed by atoms with Crippen LogP contribution in [0.4, 0.5) is 0 Å². The molecule has 1 aliphatic rings. The number of hydrogen-bond donors (Lipinski definition) is 0. The predicted molar refractivity (Wildman–Crippen MR) is 63.0 cm³/mol. The van der Waals surface area contributed by atoms with Gasteiger partial charge in [0.2, 0.25) is 0 Å². The predicted octanol–water partition coefficient (Wildman–Crippen LogP) is 1.65. The van der Waals surface area contributed by atoms with Crippen LogP contribution in [-0.2, 0) is 4.74 Å². The third kappa shape index (κ3) is 1.99. The molecule has 18 heavy (non-hydrogen) atoms. The van der Waals surface area contributed by atoms with Gasteiger partial charge in [-0.3, -0.25) is 0 Å². The van der Waals surface area contributed by atoms with E-state index >= 15 is 0 Å². The van der Waals surface area contributed by atoms with Gasteiger partial charge in [-0.25, -0.2) is 9.97 Å². The Balaban J connectivity index is 1.92. The highest BCUT2D eigenvalue weighted by Gasteiger charge is 2.24. The quantitative estimate of drug-likeness (QED) is 0.802. The highest BCUT2D eigenvalue weighted by atomic mass is 16.5. The summed E-state index contributed by atoms with van der Waals surface area (Å²) in [5, 5.41) is 4.02. The van der Waals surface area contributed by atoms with E-state index < -0.39 is 0 Å².